The lowest BCUT2D eigenvalue weighted by molar-refractivity contribution is 0.621. The van der Waals surface area contributed by atoms with Crippen molar-refractivity contribution in [1.82, 2.24) is 9.97 Å². The molecule has 0 fully saturated rings. The molecule has 5 nitrogen and oxygen atoms in total. The van der Waals surface area contributed by atoms with Crippen LogP contribution < -0.4 is 22.2 Å². The van der Waals surface area contributed by atoms with Crippen LogP contribution in [0.2, 0.25) is 0 Å². The van der Waals surface area contributed by atoms with Gasteiger partial charge in [0.1, 0.15) is 11.6 Å². The molecule has 1 aliphatic heterocycles. The van der Waals surface area contributed by atoms with Crippen molar-refractivity contribution >= 4 is 35.5 Å². The van der Waals surface area contributed by atoms with E-state index in [0.717, 1.165) is 28.6 Å². The van der Waals surface area contributed by atoms with Crippen LogP contribution in [-0.4, -0.2) is 23.8 Å². The maximum Gasteiger partial charge on any atom is 0.347 e. The molecule has 3 heterocycles. The van der Waals surface area contributed by atoms with E-state index in [9.17, 15) is 9.18 Å². The highest BCUT2D eigenvalue weighted by Crippen LogP contribution is 2.24. The highest BCUT2D eigenvalue weighted by Gasteiger charge is 2.24. The van der Waals surface area contributed by atoms with Crippen LogP contribution >= 0.6 is 11.3 Å². The molecule has 4 N–H and O–H groups in total. The van der Waals surface area contributed by atoms with Gasteiger partial charge in [0.2, 0.25) is 0 Å². The first kappa shape index (κ1) is 18.4. The van der Waals surface area contributed by atoms with Gasteiger partial charge in [-0.15, -0.1) is 11.3 Å². The first-order chi connectivity index (χ1) is 11.6. The molecule has 0 unspecified atom stereocenters. The fourth-order valence-corrected chi connectivity index (χ4v) is 3.21. The Hall–Kier alpha value is -1.93. The largest absolute Gasteiger partial charge is 0.365 e. The van der Waals surface area contributed by atoms with Gasteiger partial charge in [-0.3, -0.25) is 0 Å². The third-order valence-electron chi connectivity index (χ3n) is 3.67. The fourth-order valence-electron chi connectivity index (χ4n) is 2.53. The van der Waals surface area contributed by atoms with E-state index in [0.29, 0.717) is 23.8 Å². The Labute approximate surface area is 145 Å². The van der Waals surface area contributed by atoms with Crippen LogP contribution in [0.1, 0.15) is 37.8 Å². The van der Waals surface area contributed by atoms with Gasteiger partial charge in [-0.2, -0.15) is 4.98 Å². The molecule has 1 aliphatic rings. The van der Waals surface area contributed by atoms with E-state index in [1.165, 1.54) is 17.4 Å². The standard InChI is InChI=1S/C14H15BFN4OS.C2H6/c1-7-8(2-4-17)15-11-12(7)19-14(21)20-13(11)18-6-10-9(16)3-5-22-10;1-2/h3,5H,2,4,6,17H2,1H3,(H2,18,19,20,21);1-2H3. The van der Waals surface area contributed by atoms with Gasteiger partial charge in [0.15, 0.2) is 7.28 Å². The molecule has 0 spiro atoms. The summed E-state index contributed by atoms with van der Waals surface area (Å²) in [6, 6.07) is 1.43. The minimum Gasteiger partial charge on any atom is -0.365 e. The smallest absolute Gasteiger partial charge is 0.347 e. The molecule has 3 rings (SSSR count). The molecular weight excluding hydrogens is 326 g/mol. The molecule has 0 aromatic carbocycles. The van der Waals surface area contributed by atoms with Crippen molar-refractivity contribution in [3.63, 3.8) is 0 Å². The summed E-state index contributed by atoms with van der Waals surface area (Å²) in [5, 5.41) is 4.76. The van der Waals surface area contributed by atoms with Gasteiger partial charge in [-0.05, 0) is 42.4 Å². The highest BCUT2D eigenvalue weighted by atomic mass is 32.1. The second-order valence-electron chi connectivity index (χ2n) is 5.06. The van der Waals surface area contributed by atoms with Crippen LogP contribution in [-0.2, 0) is 6.54 Å². The number of nitrogens with zero attached hydrogens (tertiary/aromatic N) is 1. The topological polar surface area (TPSA) is 83.8 Å². The zero-order valence-electron chi connectivity index (χ0n) is 14.1. The zero-order valence-corrected chi connectivity index (χ0v) is 14.9. The van der Waals surface area contributed by atoms with Gasteiger partial charge < -0.3 is 16.0 Å². The van der Waals surface area contributed by atoms with Crippen molar-refractivity contribution in [1.29, 1.82) is 0 Å². The predicted octanol–water partition coefficient (Wildman–Crippen LogP) is 2.03. The summed E-state index contributed by atoms with van der Waals surface area (Å²) in [7, 11) is 1.98. The summed E-state index contributed by atoms with van der Waals surface area (Å²) in [6.45, 7) is 6.79. The summed E-state index contributed by atoms with van der Waals surface area (Å²) >= 11 is 1.33. The number of anilines is 1. The van der Waals surface area contributed by atoms with Crippen molar-refractivity contribution in [3.8, 4) is 0 Å². The Morgan fingerprint density at radius 1 is 1.46 bits per heavy atom. The number of H-pyrrole nitrogens is 1. The average Bonchev–Trinajstić information content (AvgIpc) is 3.12. The van der Waals surface area contributed by atoms with E-state index in [-0.39, 0.29) is 5.82 Å². The number of hydrogen-bond acceptors (Lipinski definition) is 5. The van der Waals surface area contributed by atoms with Gasteiger partial charge >= 0.3 is 5.69 Å². The molecule has 0 aliphatic carbocycles. The predicted molar refractivity (Wildman–Crippen MR) is 99.5 cm³/mol. The molecule has 0 saturated carbocycles. The molecule has 127 valence electrons. The van der Waals surface area contributed by atoms with Crippen LogP contribution in [0.15, 0.2) is 21.7 Å². The Morgan fingerprint density at radius 2 is 2.21 bits per heavy atom. The van der Waals surface area contributed by atoms with Gasteiger partial charge in [0.25, 0.3) is 0 Å². The molecule has 0 bridgehead atoms. The van der Waals surface area contributed by atoms with Crippen LogP contribution in [0.4, 0.5) is 10.2 Å². The lowest BCUT2D eigenvalue weighted by Gasteiger charge is -2.09. The lowest BCUT2D eigenvalue weighted by Crippen LogP contribution is -2.28. The normalized spacial score (nSPS) is 12.4. The number of halogens is 1. The quantitative estimate of drug-likeness (QED) is 0.723. The zero-order chi connectivity index (χ0) is 17.7. The van der Waals surface area contributed by atoms with Crippen molar-refractivity contribution in [2.45, 2.75) is 33.7 Å². The molecule has 24 heavy (non-hydrogen) atoms. The van der Waals surface area contributed by atoms with Crippen LogP contribution in [0.5, 0.6) is 0 Å². The first-order valence-electron chi connectivity index (χ1n) is 7.95. The molecule has 0 atom stereocenters. The number of fused-ring (bicyclic) bond motifs is 1. The minimum absolute atomic E-state index is 0.249. The number of nitrogens with one attached hydrogen (secondary N) is 2. The van der Waals surface area contributed by atoms with Crippen molar-refractivity contribution in [2.75, 3.05) is 11.9 Å². The molecular formula is C16H21BFN4OS. The lowest BCUT2D eigenvalue weighted by atomic mass is 9.65. The van der Waals surface area contributed by atoms with E-state index in [2.05, 4.69) is 15.3 Å². The van der Waals surface area contributed by atoms with Crippen LogP contribution in [0.25, 0.3) is 5.57 Å². The highest BCUT2D eigenvalue weighted by molar-refractivity contribution is 7.09. The van der Waals surface area contributed by atoms with Crippen molar-refractivity contribution in [2.24, 2.45) is 5.73 Å². The van der Waals surface area contributed by atoms with Crippen LogP contribution in [0, 0.1) is 5.82 Å². The second-order valence-corrected chi connectivity index (χ2v) is 6.06. The maximum absolute atomic E-state index is 13.5. The van der Waals surface area contributed by atoms with Gasteiger partial charge in [0.05, 0.1) is 11.4 Å². The minimum atomic E-state index is -0.422. The molecule has 1 radical (unpaired) electrons. The molecule has 8 heteroatoms. The Morgan fingerprint density at radius 3 is 2.83 bits per heavy atom. The monoisotopic (exact) mass is 347 g/mol. The number of thiophene rings is 1. The third kappa shape index (κ3) is 3.76. The van der Waals surface area contributed by atoms with Crippen LogP contribution in [0.3, 0.4) is 0 Å². The second kappa shape index (κ2) is 8.26. The summed E-state index contributed by atoms with van der Waals surface area (Å²) in [5.74, 6) is 0.221. The Kier molecular flexibility index (Phi) is 6.33. The molecule has 0 amide bonds. The van der Waals surface area contributed by atoms with Gasteiger partial charge in [-0.25, -0.2) is 9.18 Å². The first-order valence-corrected chi connectivity index (χ1v) is 8.83. The number of nitrogens with two attached hydrogens (primary N) is 1. The van der Waals surface area contributed by atoms with E-state index < -0.39 is 5.69 Å². The SMILES string of the molecule is CC.CC1=C(CCN)[B]c2c(NCc3sccc3F)nc(=O)[nH]c21. The Bertz CT molecular complexity index is 800. The van der Waals surface area contributed by atoms with E-state index in [1.807, 2.05) is 28.1 Å². The number of hydrogen-bond donors (Lipinski definition) is 3. The van der Waals surface area contributed by atoms with Gasteiger partial charge in [-0.1, -0.05) is 19.3 Å². The van der Waals surface area contributed by atoms with Crippen molar-refractivity contribution < 1.29 is 4.39 Å². The average molecular weight is 347 g/mol. The van der Waals surface area contributed by atoms with Gasteiger partial charge in [0, 0.05) is 5.69 Å². The maximum atomic E-state index is 13.5. The third-order valence-corrected chi connectivity index (χ3v) is 4.56. The fraction of sp³-hybridized carbons (Fsp3) is 0.375. The summed E-state index contributed by atoms with van der Waals surface area (Å²) in [5.41, 5.74) is 8.88. The van der Waals surface area contributed by atoms with Crippen molar-refractivity contribution in [3.05, 3.63) is 43.8 Å². The number of aromatic nitrogens is 2. The summed E-state index contributed by atoms with van der Waals surface area (Å²) in [6.07, 6.45) is 0.738. The van der Waals surface area contributed by atoms with E-state index >= 15 is 0 Å². The summed E-state index contributed by atoms with van der Waals surface area (Å²) in [4.78, 5) is 19.1. The number of rotatable bonds is 5. The Balaban J connectivity index is 0.00000100. The number of allylic oxidation sites excluding steroid dienone is 1. The molecule has 0 saturated heterocycles. The van der Waals surface area contributed by atoms with E-state index in [1.54, 1.807) is 5.38 Å². The summed E-state index contributed by atoms with van der Waals surface area (Å²) < 4.78 is 13.5. The number of aromatic amines is 1. The molecule has 2 aromatic heterocycles. The van der Waals surface area contributed by atoms with E-state index in [4.69, 9.17) is 5.73 Å². The molecule has 2 aromatic rings.